The van der Waals surface area contributed by atoms with Gasteiger partial charge in [-0.25, -0.2) is 0 Å². The van der Waals surface area contributed by atoms with Crippen molar-refractivity contribution in [1.82, 2.24) is 5.32 Å². The lowest BCUT2D eigenvalue weighted by Gasteiger charge is -2.40. The minimum atomic E-state index is -0.178. The maximum Gasteiger partial charge on any atom is 0.0692 e. The van der Waals surface area contributed by atoms with Gasteiger partial charge in [-0.05, 0) is 24.2 Å². The molecule has 1 aliphatic rings. The van der Waals surface area contributed by atoms with E-state index < -0.39 is 0 Å². The molecule has 2 atom stereocenters. The Hall–Kier alpha value is -0.0800. The van der Waals surface area contributed by atoms with Crippen LogP contribution < -0.4 is 5.32 Å². The van der Waals surface area contributed by atoms with Crippen molar-refractivity contribution in [2.45, 2.75) is 78.4 Å². The quantitative estimate of drug-likeness (QED) is 0.747. The van der Waals surface area contributed by atoms with Crippen LogP contribution in [0, 0.1) is 11.3 Å². The zero-order valence-electron chi connectivity index (χ0n) is 12.1. The molecule has 17 heavy (non-hydrogen) atoms. The summed E-state index contributed by atoms with van der Waals surface area (Å²) in [6, 6.07) is 0.584. The molecule has 0 saturated heterocycles. The van der Waals surface area contributed by atoms with Crippen molar-refractivity contribution < 1.29 is 5.11 Å². The van der Waals surface area contributed by atoms with Gasteiger partial charge in [0.25, 0.3) is 0 Å². The van der Waals surface area contributed by atoms with Crippen LogP contribution in [-0.2, 0) is 0 Å². The van der Waals surface area contributed by atoms with Crippen LogP contribution >= 0.6 is 0 Å². The van der Waals surface area contributed by atoms with Crippen molar-refractivity contribution in [2.75, 3.05) is 6.54 Å². The molecular formula is C15H31NO. The van der Waals surface area contributed by atoms with Gasteiger partial charge in [-0.15, -0.1) is 0 Å². The smallest absolute Gasteiger partial charge is 0.0692 e. The topological polar surface area (TPSA) is 32.3 Å². The second-order valence-electron chi connectivity index (χ2n) is 6.34. The van der Waals surface area contributed by atoms with E-state index in [1.807, 2.05) is 0 Å². The van der Waals surface area contributed by atoms with Crippen molar-refractivity contribution in [3.05, 3.63) is 0 Å². The molecule has 1 saturated carbocycles. The second-order valence-corrected chi connectivity index (χ2v) is 6.34. The van der Waals surface area contributed by atoms with E-state index in [-0.39, 0.29) is 6.10 Å². The van der Waals surface area contributed by atoms with Crippen molar-refractivity contribution in [3.63, 3.8) is 0 Å². The molecule has 2 nitrogen and oxygen atoms in total. The molecule has 2 N–H and O–H groups in total. The summed E-state index contributed by atoms with van der Waals surface area (Å²) in [6.07, 6.45) is 7.25. The highest BCUT2D eigenvalue weighted by Crippen LogP contribution is 2.35. The fourth-order valence-corrected chi connectivity index (χ4v) is 3.13. The lowest BCUT2D eigenvalue weighted by Crippen LogP contribution is -2.47. The van der Waals surface area contributed by atoms with Crippen molar-refractivity contribution in [3.8, 4) is 0 Å². The van der Waals surface area contributed by atoms with E-state index in [9.17, 15) is 5.11 Å². The van der Waals surface area contributed by atoms with E-state index in [2.05, 4.69) is 33.0 Å². The number of aliphatic hydroxyl groups excluding tert-OH is 1. The first-order chi connectivity index (χ1) is 8.01. The Balaban J connectivity index is 2.38. The molecule has 102 valence electrons. The average Bonchev–Trinajstić information content (AvgIpc) is 2.28. The summed E-state index contributed by atoms with van der Waals surface area (Å²) in [5.74, 6) is 0.453. The van der Waals surface area contributed by atoms with Gasteiger partial charge in [-0.2, -0.15) is 0 Å². The van der Waals surface area contributed by atoms with Crippen LogP contribution in [0.3, 0.4) is 0 Å². The summed E-state index contributed by atoms with van der Waals surface area (Å²) in [5, 5.41) is 13.8. The normalized spacial score (nSPS) is 26.1. The number of hydrogen-bond acceptors (Lipinski definition) is 2. The number of nitrogens with one attached hydrogen (secondary N) is 1. The molecule has 0 aliphatic heterocycles. The predicted molar refractivity (Wildman–Crippen MR) is 74.1 cm³/mol. The largest absolute Gasteiger partial charge is 0.392 e. The SMILES string of the molecule is CCC(CC)C(O)CNC1CCCCC1(C)C. The van der Waals surface area contributed by atoms with Crippen LogP contribution in [0.25, 0.3) is 0 Å². The van der Waals surface area contributed by atoms with Crippen LogP contribution in [0.2, 0.25) is 0 Å². The molecule has 0 aromatic heterocycles. The highest BCUT2D eigenvalue weighted by atomic mass is 16.3. The van der Waals surface area contributed by atoms with Gasteiger partial charge in [-0.3, -0.25) is 0 Å². The number of rotatable bonds is 6. The molecule has 0 spiro atoms. The maximum absolute atomic E-state index is 10.1. The Morgan fingerprint density at radius 3 is 2.41 bits per heavy atom. The number of hydrogen-bond donors (Lipinski definition) is 2. The van der Waals surface area contributed by atoms with E-state index in [1.54, 1.807) is 0 Å². The van der Waals surface area contributed by atoms with E-state index in [1.165, 1.54) is 25.7 Å². The van der Waals surface area contributed by atoms with Gasteiger partial charge in [0.05, 0.1) is 6.10 Å². The highest BCUT2D eigenvalue weighted by molar-refractivity contribution is 4.88. The molecule has 0 aromatic carbocycles. The third-order valence-corrected chi connectivity index (χ3v) is 4.67. The van der Waals surface area contributed by atoms with Crippen molar-refractivity contribution >= 4 is 0 Å². The third-order valence-electron chi connectivity index (χ3n) is 4.67. The Morgan fingerprint density at radius 2 is 1.88 bits per heavy atom. The Bertz CT molecular complexity index is 211. The van der Waals surface area contributed by atoms with Crippen molar-refractivity contribution in [1.29, 1.82) is 0 Å². The molecule has 2 unspecified atom stereocenters. The molecule has 0 aromatic rings. The summed E-state index contributed by atoms with van der Waals surface area (Å²) in [7, 11) is 0. The summed E-state index contributed by atoms with van der Waals surface area (Å²) in [4.78, 5) is 0. The van der Waals surface area contributed by atoms with E-state index in [0.717, 1.165) is 19.4 Å². The molecule has 0 heterocycles. The van der Waals surface area contributed by atoms with Gasteiger partial charge in [0.15, 0.2) is 0 Å². The molecule has 1 fully saturated rings. The van der Waals surface area contributed by atoms with Gasteiger partial charge in [0.1, 0.15) is 0 Å². The maximum atomic E-state index is 10.1. The standard InChI is InChI=1S/C15H31NO/c1-5-12(6-2)13(17)11-16-14-9-7-8-10-15(14,3)4/h12-14,16-17H,5-11H2,1-4H3. The molecule has 0 bridgehead atoms. The van der Waals surface area contributed by atoms with E-state index in [4.69, 9.17) is 0 Å². The van der Waals surface area contributed by atoms with Crippen LogP contribution in [0.1, 0.15) is 66.2 Å². The van der Waals surface area contributed by atoms with Gasteiger partial charge in [0, 0.05) is 12.6 Å². The monoisotopic (exact) mass is 241 g/mol. The first-order valence-corrected chi connectivity index (χ1v) is 7.42. The minimum absolute atomic E-state index is 0.178. The fourth-order valence-electron chi connectivity index (χ4n) is 3.13. The Morgan fingerprint density at radius 1 is 1.24 bits per heavy atom. The first-order valence-electron chi connectivity index (χ1n) is 7.42. The summed E-state index contributed by atoms with van der Waals surface area (Å²) < 4.78 is 0. The highest BCUT2D eigenvalue weighted by Gasteiger charge is 2.32. The van der Waals surface area contributed by atoms with E-state index >= 15 is 0 Å². The lowest BCUT2D eigenvalue weighted by molar-refractivity contribution is 0.0821. The van der Waals surface area contributed by atoms with Crippen LogP contribution in [0.5, 0.6) is 0 Å². The lowest BCUT2D eigenvalue weighted by atomic mass is 9.73. The summed E-state index contributed by atoms with van der Waals surface area (Å²) in [5.41, 5.74) is 0.395. The third kappa shape index (κ3) is 4.26. The van der Waals surface area contributed by atoms with E-state index in [0.29, 0.717) is 17.4 Å². The molecule has 0 radical (unpaired) electrons. The zero-order chi connectivity index (χ0) is 12.9. The summed E-state index contributed by atoms with van der Waals surface area (Å²) in [6.45, 7) is 9.81. The molecule has 1 rings (SSSR count). The van der Waals surface area contributed by atoms with Gasteiger partial charge in [0.2, 0.25) is 0 Å². The predicted octanol–water partition coefficient (Wildman–Crippen LogP) is 3.34. The van der Waals surface area contributed by atoms with Gasteiger partial charge < -0.3 is 10.4 Å². The fraction of sp³-hybridized carbons (Fsp3) is 1.00. The first kappa shape index (κ1) is 15.0. The molecule has 1 aliphatic carbocycles. The molecular weight excluding hydrogens is 210 g/mol. The molecule has 2 heteroatoms. The second kappa shape index (κ2) is 6.75. The Labute approximate surface area is 107 Å². The van der Waals surface area contributed by atoms with Crippen LogP contribution in [0.4, 0.5) is 0 Å². The average molecular weight is 241 g/mol. The zero-order valence-corrected chi connectivity index (χ0v) is 12.1. The van der Waals surface area contributed by atoms with Crippen LogP contribution in [0.15, 0.2) is 0 Å². The molecule has 0 amide bonds. The van der Waals surface area contributed by atoms with Crippen LogP contribution in [-0.4, -0.2) is 23.8 Å². The van der Waals surface area contributed by atoms with Gasteiger partial charge in [-0.1, -0.05) is 53.4 Å². The van der Waals surface area contributed by atoms with Crippen molar-refractivity contribution in [2.24, 2.45) is 11.3 Å². The number of aliphatic hydroxyl groups is 1. The minimum Gasteiger partial charge on any atom is -0.392 e. The Kier molecular flexibility index (Phi) is 5.94. The summed E-state index contributed by atoms with van der Waals surface area (Å²) >= 11 is 0. The van der Waals surface area contributed by atoms with Gasteiger partial charge >= 0.3 is 0 Å².